The SMILES string of the molecule is COc1cccc([C@H]2Oc3ccccc3C3=C2[C@@H](c2ccc(C)cc2)n2nc(SC)nc2N3)c1OC. The molecule has 0 amide bonds. The van der Waals surface area contributed by atoms with Crippen LogP contribution in [0, 0.1) is 6.92 Å². The Balaban J connectivity index is 1.65. The molecule has 1 aromatic heterocycles. The van der Waals surface area contributed by atoms with Gasteiger partial charge < -0.3 is 19.5 Å². The first-order valence-corrected chi connectivity index (χ1v) is 12.9. The average Bonchev–Trinajstić information content (AvgIpc) is 3.34. The minimum Gasteiger partial charge on any atom is -0.493 e. The zero-order valence-corrected chi connectivity index (χ0v) is 21.3. The third kappa shape index (κ3) is 3.52. The van der Waals surface area contributed by atoms with Crippen LogP contribution < -0.4 is 19.5 Å². The van der Waals surface area contributed by atoms with Gasteiger partial charge in [-0.25, -0.2) is 4.68 Å². The first-order chi connectivity index (χ1) is 17.6. The third-order valence-electron chi connectivity index (χ3n) is 6.65. The summed E-state index contributed by atoms with van der Waals surface area (Å²) in [4.78, 5) is 4.77. The largest absolute Gasteiger partial charge is 0.493 e. The van der Waals surface area contributed by atoms with Gasteiger partial charge in [-0.1, -0.05) is 65.9 Å². The lowest BCUT2D eigenvalue weighted by atomic mass is 9.84. The van der Waals surface area contributed by atoms with Gasteiger partial charge >= 0.3 is 0 Å². The fourth-order valence-corrected chi connectivity index (χ4v) is 5.34. The van der Waals surface area contributed by atoms with Crippen molar-refractivity contribution in [3.8, 4) is 17.2 Å². The average molecular weight is 499 g/mol. The minimum atomic E-state index is -0.450. The molecule has 36 heavy (non-hydrogen) atoms. The zero-order chi connectivity index (χ0) is 24.8. The quantitative estimate of drug-likeness (QED) is 0.344. The second kappa shape index (κ2) is 8.95. The molecule has 2 aliphatic heterocycles. The van der Waals surface area contributed by atoms with E-state index in [9.17, 15) is 0 Å². The van der Waals surface area contributed by atoms with E-state index in [2.05, 4.69) is 42.6 Å². The first kappa shape index (κ1) is 22.5. The van der Waals surface area contributed by atoms with Crippen molar-refractivity contribution in [2.45, 2.75) is 24.2 Å². The van der Waals surface area contributed by atoms with Crippen molar-refractivity contribution in [3.63, 3.8) is 0 Å². The van der Waals surface area contributed by atoms with Gasteiger partial charge in [0.1, 0.15) is 11.8 Å². The standard InChI is InChI=1S/C28H26N4O3S/c1-16-12-14-17(15-13-16)24-22-23(29-27-30-28(36-4)31-32(24)27)18-8-5-6-10-20(18)35-26(22)19-9-7-11-21(33-2)25(19)34-3/h5-15,24,26H,1-4H3,(H,29,30,31)/t24-,26-/m1/s1. The molecule has 4 aromatic rings. The van der Waals surface area contributed by atoms with Crippen LogP contribution in [0.1, 0.15) is 34.4 Å². The molecular weight excluding hydrogens is 472 g/mol. The lowest BCUT2D eigenvalue weighted by molar-refractivity contribution is 0.216. The Morgan fingerprint density at radius 3 is 2.53 bits per heavy atom. The molecule has 0 fully saturated rings. The number of para-hydroxylation sites is 2. The van der Waals surface area contributed by atoms with E-state index in [0.717, 1.165) is 33.7 Å². The maximum atomic E-state index is 6.75. The predicted molar refractivity (Wildman–Crippen MR) is 141 cm³/mol. The van der Waals surface area contributed by atoms with Crippen LogP contribution in [-0.4, -0.2) is 35.2 Å². The predicted octanol–water partition coefficient (Wildman–Crippen LogP) is 5.89. The number of anilines is 1. The smallest absolute Gasteiger partial charge is 0.227 e. The van der Waals surface area contributed by atoms with Crippen molar-refractivity contribution < 1.29 is 14.2 Å². The molecule has 6 rings (SSSR count). The first-order valence-electron chi connectivity index (χ1n) is 11.7. The molecule has 3 aromatic carbocycles. The highest BCUT2D eigenvalue weighted by Crippen LogP contribution is 2.53. The number of benzene rings is 3. The number of methoxy groups -OCH3 is 2. The van der Waals surface area contributed by atoms with Crippen LogP contribution in [0.25, 0.3) is 5.70 Å². The van der Waals surface area contributed by atoms with Crippen molar-refractivity contribution in [2.75, 3.05) is 25.8 Å². The Kier molecular flexibility index (Phi) is 5.60. The van der Waals surface area contributed by atoms with Crippen LogP contribution in [0.2, 0.25) is 0 Å². The van der Waals surface area contributed by atoms with Crippen molar-refractivity contribution in [2.24, 2.45) is 0 Å². The highest BCUT2D eigenvalue weighted by atomic mass is 32.2. The Bertz CT molecular complexity index is 1480. The van der Waals surface area contributed by atoms with Gasteiger partial charge in [-0.2, -0.15) is 4.98 Å². The van der Waals surface area contributed by atoms with E-state index in [4.69, 9.17) is 24.3 Å². The molecule has 182 valence electrons. The molecule has 1 N–H and O–H groups in total. The number of hydrogen-bond acceptors (Lipinski definition) is 7. The Morgan fingerprint density at radius 1 is 0.972 bits per heavy atom. The van der Waals surface area contributed by atoms with Gasteiger partial charge in [0, 0.05) is 16.7 Å². The number of rotatable bonds is 5. The summed E-state index contributed by atoms with van der Waals surface area (Å²) in [7, 11) is 3.30. The molecule has 0 aliphatic carbocycles. The Hall–Kier alpha value is -3.91. The summed E-state index contributed by atoms with van der Waals surface area (Å²) >= 11 is 1.52. The summed E-state index contributed by atoms with van der Waals surface area (Å²) in [6.07, 6.45) is 1.53. The van der Waals surface area contributed by atoms with Crippen molar-refractivity contribution in [1.29, 1.82) is 0 Å². The third-order valence-corrected chi connectivity index (χ3v) is 7.19. The summed E-state index contributed by atoms with van der Waals surface area (Å²) in [5, 5.41) is 9.16. The summed E-state index contributed by atoms with van der Waals surface area (Å²) < 4.78 is 20.2. The van der Waals surface area contributed by atoms with Gasteiger partial charge in [-0.15, -0.1) is 5.10 Å². The van der Waals surface area contributed by atoms with E-state index in [1.54, 1.807) is 14.2 Å². The van der Waals surface area contributed by atoms with Gasteiger partial charge in [-0.3, -0.25) is 0 Å². The molecule has 8 heteroatoms. The second-order valence-corrected chi connectivity index (χ2v) is 9.49. The van der Waals surface area contributed by atoms with Gasteiger partial charge in [0.25, 0.3) is 0 Å². The van der Waals surface area contributed by atoms with Crippen LogP contribution in [0.5, 0.6) is 17.2 Å². The summed E-state index contributed by atoms with van der Waals surface area (Å²) in [5.74, 6) is 2.80. The molecule has 0 saturated carbocycles. The number of nitrogens with zero attached hydrogens (tertiary/aromatic N) is 3. The van der Waals surface area contributed by atoms with E-state index in [1.807, 2.05) is 47.3 Å². The van der Waals surface area contributed by atoms with Crippen molar-refractivity contribution in [1.82, 2.24) is 14.8 Å². The van der Waals surface area contributed by atoms with Gasteiger partial charge in [0.2, 0.25) is 11.1 Å². The second-order valence-electron chi connectivity index (χ2n) is 8.71. The molecule has 0 spiro atoms. The topological polar surface area (TPSA) is 70.4 Å². The zero-order valence-electron chi connectivity index (χ0n) is 20.5. The molecule has 2 atom stereocenters. The summed E-state index contributed by atoms with van der Waals surface area (Å²) in [6, 6.07) is 22.3. The molecule has 0 bridgehead atoms. The molecule has 0 unspecified atom stereocenters. The van der Waals surface area contributed by atoms with Crippen LogP contribution in [0.15, 0.2) is 77.5 Å². The van der Waals surface area contributed by atoms with E-state index < -0.39 is 6.10 Å². The van der Waals surface area contributed by atoms with E-state index in [-0.39, 0.29) is 6.04 Å². The fourth-order valence-electron chi connectivity index (χ4n) is 4.99. The van der Waals surface area contributed by atoms with Crippen molar-refractivity contribution >= 4 is 23.4 Å². The van der Waals surface area contributed by atoms with Crippen LogP contribution in [0.3, 0.4) is 0 Å². The maximum absolute atomic E-state index is 6.75. The monoisotopic (exact) mass is 498 g/mol. The van der Waals surface area contributed by atoms with Crippen molar-refractivity contribution in [3.05, 3.63) is 94.6 Å². The van der Waals surface area contributed by atoms with E-state index in [1.165, 1.54) is 17.3 Å². The highest BCUT2D eigenvalue weighted by molar-refractivity contribution is 7.98. The molecular formula is C28H26N4O3S. The van der Waals surface area contributed by atoms with E-state index >= 15 is 0 Å². The highest BCUT2D eigenvalue weighted by Gasteiger charge is 2.42. The lowest BCUT2D eigenvalue weighted by Gasteiger charge is -2.39. The number of fused-ring (bicyclic) bond motifs is 3. The molecule has 2 aliphatic rings. The number of thioether (sulfide) groups is 1. The molecule has 0 saturated heterocycles. The molecule has 0 radical (unpaired) electrons. The van der Waals surface area contributed by atoms with Gasteiger partial charge in [-0.05, 0) is 36.9 Å². The lowest BCUT2D eigenvalue weighted by Crippen LogP contribution is -2.32. The summed E-state index contributed by atoms with van der Waals surface area (Å²) in [6.45, 7) is 2.09. The van der Waals surface area contributed by atoms with Crippen LogP contribution >= 0.6 is 11.8 Å². The number of aryl methyl sites for hydroxylation is 1. The Morgan fingerprint density at radius 2 is 1.78 bits per heavy atom. The molecule has 7 nitrogen and oxygen atoms in total. The van der Waals surface area contributed by atoms with Crippen LogP contribution in [-0.2, 0) is 0 Å². The Labute approximate surface area is 214 Å². The number of aromatic nitrogens is 3. The van der Waals surface area contributed by atoms with Crippen LogP contribution in [0.4, 0.5) is 5.95 Å². The normalized spacial score (nSPS) is 17.9. The number of nitrogens with one attached hydrogen (secondary N) is 1. The summed E-state index contributed by atoms with van der Waals surface area (Å²) in [5.41, 5.74) is 6.18. The van der Waals surface area contributed by atoms with E-state index in [0.29, 0.717) is 22.6 Å². The van der Waals surface area contributed by atoms with Gasteiger partial charge in [0.05, 0.1) is 19.9 Å². The minimum absolute atomic E-state index is 0.237. The number of ether oxygens (including phenoxy) is 3. The number of hydrogen-bond donors (Lipinski definition) is 1. The maximum Gasteiger partial charge on any atom is 0.227 e. The molecule has 3 heterocycles. The fraction of sp³-hybridized carbons (Fsp3) is 0.214. The van der Waals surface area contributed by atoms with Gasteiger partial charge in [0.15, 0.2) is 17.6 Å².